The smallest absolute Gasteiger partial charge is 0.298 e. The maximum absolute atomic E-state index is 10.9. The average Bonchev–Trinajstić information content (AvgIpc) is 2.67. The minimum Gasteiger partial charge on any atom is -0.381 e. The molecule has 6 nitrogen and oxygen atoms in total. The van der Waals surface area contributed by atoms with Crippen LogP contribution in [0.4, 0.5) is 0 Å². The molecule has 0 spiro atoms. The molecule has 1 aromatic heterocycles. The molecule has 1 aliphatic heterocycles. The number of halogens is 1. The molecule has 1 N–H and O–H groups in total. The first-order chi connectivity index (χ1) is 7.07. The van der Waals surface area contributed by atoms with E-state index in [1.54, 1.807) is 0 Å². The molecule has 0 saturated carbocycles. The molecule has 0 aliphatic carbocycles. The summed E-state index contributed by atoms with van der Waals surface area (Å²) in [6.07, 6.45) is 1.63. The van der Waals surface area contributed by atoms with Gasteiger partial charge in [-0.1, -0.05) is 0 Å². The van der Waals surface area contributed by atoms with Crippen molar-refractivity contribution in [3.8, 4) is 0 Å². The molecule has 0 unspecified atom stereocenters. The van der Waals surface area contributed by atoms with E-state index in [0.29, 0.717) is 19.0 Å². The van der Waals surface area contributed by atoms with Gasteiger partial charge in [-0.2, -0.15) is 0 Å². The normalized spacial score (nSPS) is 19.3. The Bertz CT molecular complexity index is 438. The SMILES string of the molecule is O=S(=O)(Cl)c1n[nH]c(C2CCOCC2)n1. The van der Waals surface area contributed by atoms with Crippen molar-refractivity contribution in [2.75, 3.05) is 13.2 Å². The number of nitrogens with zero attached hydrogens (tertiary/aromatic N) is 2. The Morgan fingerprint density at radius 3 is 2.60 bits per heavy atom. The van der Waals surface area contributed by atoms with Crippen LogP contribution in [0.25, 0.3) is 0 Å². The fraction of sp³-hybridized carbons (Fsp3) is 0.714. The molecule has 1 fully saturated rings. The van der Waals surface area contributed by atoms with Crippen LogP contribution in [0.1, 0.15) is 24.6 Å². The third-order valence-electron chi connectivity index (χ3n) is 2.31. The molecule has 1 aromatic rings. The molecule has 2 rings (SSSR count). The zero-order valence-electron chi connectivity index (χ0n) is 7.81. The summed E-state index contributed by atoms with van der Waals surface area (Å²) >= 11 is 0. The van der Waals surface area contributed by atoms with Crippen LogP contribution in [0.2, 0.25) is 0 Å². The fourth-order valence-corrected chi connectivity index (χ4v) is 2.09. The van der Waals surface area contributed by atoms with E-state index < -0.39 is 9.05 Å². The van der Waals surface area contributed by atoms with Gasteiger partial charge in [0.15, 0.2) is 0 Å². The van der Waals surface area contributed by atoms with Crippen LogP contribution in [0.3, 0.4) is 0 Å². The number of nitrogens with one attached hydrogen (secondary N) is 1. The van der Waals surface area contributed by atoms with E-state index in [4.69, 9.17) is 15.4 Å². The van der Waals surface area contributed by atoms with Gasteiger partial charge in [-0.05, 0) is 12.8 Å². The quantitative estimate of drug-likeness (QED) is 0.779. The maximum Gasteiger partial charge on any atom is 0.298 e. The summed E-state index contributed by atoms with van der Waals surface area (Å²) in [5, 5.41) is 5.81. The summed E-state index contributed by atoms with van der Waals surface area (Å²) in [7, 11) is 1.28. The van der Waals surface area contributed by atoms with Crippen LogP contribution in [0.15, 0.2) is 5.16 Å². The summed E-state index contributed by atoms with van der Waals surface area (Å²) in [6.45, 7) is 1.32. The number of aromatic amines is 1. The van der Waals surface area contributed by atoms with E-state index in [0.717, 1.165) is 12.8 Å². The van der Waals surface area contributed by atoms with Crippen molar-refractivity contribution in [1.82, 2.24) is 15.2 Å². The van der Waals surface area contributed by atoms with Crippen LogP contribution in [-0.2, 0) is 13.8 Å². The van der Waals surface area contributed by atoms with Gasteiger partial charge >= 0.3 is 0 Å². The second-order valence-electron chi connectivity index (χ2n) is 3.33. The van der Waals surface area contributed by atoms with Gasteiger partial charge in [0.1, 0.15) is 5.82 Å². The lowest BCUT2D eigenvalue weighted by Gasteiger charge is -2.19. The van der Waals surface area contributed by atoms with Gasteiger partial charge in [-0.3, -0.25) is 5.10 Å². The highest BCUT2D eigenvalue weighted by Crippen LogP contribution is 2.24. The van der Waals surface area contributed by atoms with E-state index in [-0.39, 0.29) is 11.1 Å². The molecular weight excluding hydrogens is 242 g/mol. The number of H-pyrrole nitrogens is 1. The Hall–Kier alpha value is -0.660. The standard InChI is InChI=1S/C7H10ClN3O3S/c8-15(12,13)7-9-6(10-11-7)5-1-3-14-4-2-5/h5H,1-4H2,(H,9,10,11). The van der Waals surface area contributed by atoms with Crippen LogP contribution < -0.4 is 0 Å². The lowest BCUT2D eigenvalue weighted by Crippen LogP contribution is -2.15. The van der Waals surface area contributed by atoms with E-state index in [2.05, 4.69) is 15.2 Å². The summed E-state index contributed by atoms with van der Waals surface area (Å²) in [6, 6.07) is 0. The van der Waals surface area contributed by atoms with Gasteiger partial charge in [0.25, 0.3) is 14.2 Å². The predicted octanol–water partition coefficient (Wildman–Crippen LogP) is 0.626. The molecule has 8 heteroatoms. The number of rotatable bonds is 2. The van der Waals surface area contributed by atoms with E-state index in [9.17, 15) is 8.42 Å². The van der Waals surface area contributed by atoms with Gasteiger partial charge in [-0.25, -0.2) is 13.4 Å². The number of aromatic nitrogens is 3. The third-order valence-corrected chi connectivity index (χ3v) is 3.34. The highest BCUT2D eigenvalue weighted by atomic mass is 35.7. The lowest BCUT2D eigenvalue weighted by atomic mass is 10.00. The van der Waals surface area contributed by atoms with Crippen molar-refractivity contribution in [1.29, 1.82) is 0 Å². The largest absolute Gasteiger partial charge is 0.381 e. The van der Waals surface area contributed by atoms with Gasteiger partial charge in [0, 0.05) is 29.8 Å². The Morgan fingerprint density at radius 1 is 1.40 bits per heavy atom. The van der Waals surface area contributed by atoms with Crippen LogP contribution in [-0.4, -0.2) is 36.8 Å². The minimum absolute atomic E-state index is 0.179. The van der Waals surface area contributed by atoms with Crippen molar-refractivity contribution < 1.29 is 13.2 Å². The van der Waals surface area contributed by atoms with Crippen molar-refractivity contribution >= 4 is 19.7 Å². The third kappa shape index (κ3) is 2.47. The van der Waals surface area contributed by atoms with Gasteiger partial charge < -0.3 is 4.74 Å². The zero-order chi connectivity index (χ0) is 10.9. The first kappa shape index (κ1) is 10.8. The highest BCUT2D eigenvalue weighted by molar-refractivity contribution is 8.13. The molecule has 0 radical (unpaired) electrons. The second kappa shape index (κ2) is 4.07. The topological polar surface area (TPSA) is 84.9 Å². The summed E-state index contributed by atoms with van der Waals surface area (Å²) < 4.78 is 27.0. The molecular formula is C7H10ClN3O3S. The van der Waals surface area contributed by atoms with Crippen molar-refractivity contribution in [3.05, 3.63) is 5.82 Å². The minimum atomic E-state index is -3.83. The predicted molar refractivity (Wildman–Crippen MR) is 52.2 cm³/mol. The Kier molecular flexibility index (Phi) is 2.94. The molecule has 2 heterocycles. The molecule has 0 amide bonds. The van der Waals surface area contributed by atoms with E-state index >= 15 is 0 Å². The van der Waals surface area contributed by atoms with Crippen LogP contribution in [0, 0.1) is 0 Å². The molecule has 1 aliphatic rings. The van der Waals surface area contributed by atoms with Crippen LogP contribution in [0.5, 0.6) is 0 Å². The first-order valence-corrected chi connectivity index (χ1v) is 6.83. The monoisotopic (exact) mass is 251 g/mol. The van der Waals surface area contributed by atoms with Crippen molar-refractivity contribution in [2.24, 2.45) is 0 Å². The molecule has 0 bridgehead atoms. The highest BCUT2D eigenvalue weighted by Gasteiger charge is 2.23. The van der Waals surface area contributed by atoms with E-state index in [1.165, 1.54) is 0 Å². The summed E-state index contributed by atoms with van der Waals surface area (Å²) in [5.74, 6) is 0.746. The summed E-state index contributed by atoms with van der Waals surface area (Å²) in [5.41, 5.74) is 0. The number of ether oxygens (including phenoxy) is 1. The molecule has 0 atom stereocenters. The Morgan fingerprint density at radius 2 is 2.07 bits per heavy atom. The molecule has 84 valence electrons. The molecule has 15 heavy (non-hydrogen) atoms. The number of hydrogen-bond donors (Lipinski definition) is 1. The van der Waals surface area contributed by atoms with E-state index in [1.807, 2.05) is 0 Å². The van der Waals surface area contributed by atoms with Crippen LogP contribution >= 0.6 is 10.7 Å². The maximum atomic E-state index is 10.9. The molecule has 0 aromatic carbocycles. The zero-order valence-corrected chi connectivity index (χ0v) is 9.38. The van der Waals surface area contributed by atoms with Crippen molar-refractivity contribution in [2.45, 2.75) is 23.9 Å². The van der Waals surface area contributed by atoms with Gasteiger partial charge in [0.2, 0.25) is 0 Å². The van der Waals surface area contributed by atoms with Gasteiger partial charge in [0.05, 0.1) is 0 Å². The van der Waals surface area contributed by atoms with Crippen molar-refractivity contribution in [3.63, 3.8) is 0 Å². The Balaban J connectivity index is 2.19. The lowest BCUT2D eigenvalue weighted by molar-refractivity contribution is 0.0836. The average molecular weight is 252 g/mol. The molecule has 1 saturated heterocycles. The fourth-order valence-electron chi connectivity index (χ4n) is 1.52. The second-order valence-corrected chi connectivity index (χ2v) is 5.79. The Labute approximate surface area is 91.4 Å². The van der Waals surface area contributed by atoms with Gasteiger partial charge in [-0.15, -0.1) is 5.10 Å². The first-order valence-electron chi connectivity index (χ1n) is 4.52. The number of hydrogen-bond acceptors (Lipinski definition) is 5. The summed E-state index contributed by atoms with van der Waals surface area (Å²) in [4.78, 5) is 3.86.